The number of benzene rings is 1. The molecule has 202 valence electrons. The number of rotatable bonds is 12. The van der Waals surface area contributed by atoms with Crippen molar-refractivity contribution >= 4 is 29.4 Å². The minimum Gasteiger partial charge on any atom is -0.347 e. The van der Waals surface area contributed by atoms with Crippen molar-refractivity contribution in [3.05, 3.63) is 66.0 Å². The maximum absolute atomic E-state index is 13.2. The molecule has 3 atom stereocenters. The van der Waals surface area contributed by atoms with E-state index in [9.17, 15) is 24.0 Å². The van der Waals surface area contributed by atoms with E-state index in [-0.39, 0.29) is 18.4 Å². The first-order valence-electron chi connectivity index (χ1n) is 12.9. The van der Waals surface area contributed by atoms with E-state index >= 15 is 0 Å². The molecule has 1 aromatic heterocycles. The number of amides is 4. The quantitative estimate of drug-likeness (QED) is 0.310. The third-order valence-electron chi connectivity index (χ3n) is 6.51. The monoisotopic (exact) mass is 521 g/mol. The molecule has 10 nitrogen and oxygen atoms in total. The highest BCUT2D eigenvalue weighted by molar-refractivity contribution is 6.38. The molecule has 0 radical (unpaired) electrons. The van der Waals surface area contributed by atoms with E-state index in [0.29, 0.717) is 5.56 Å². The smallest absolute Gasteiger partial charge is 0.289 e. The van der Waals surface area contributed by atoms with Gasteiger partial charge in [0.25, 0.3) is 11.8 Å². The van der Waals surface area contributed by atoms with Crippen molar-refractivity contribution in [3.8, 4) is 0 Å². The summed E-state index contributed by atoms with van der Waals surface area (Å²) >= 11 is 0. The number of carbonyl (C=O) groups excluding carboxylic acids is 5. The fraction of sp³-hybridized carbons (Fsp3) is 0.429. The second-order valence-corrected chi connectivity index (χ2v) is 9.88. The van der Waals surface area contributed by atoms with Gasteiger partial charge in [0, 0.05) is 30.4 Å². The molecule has 1 aliphatic carbocycles. The highest BCUT2D eigenvalue weighted by Crippen LogP contribution is 2.18. The molecule has 0 aliphatic heterocycles. The molecular weight excluding hydrogens is 486 g/mol. The summed E-state index contributed by atoms with van der Waals surface area (Å²) in [5.41, 5.74) is 1.16. The van der Waals surface area contributed by atoms with Crippen LogP contribution < -0.4 is 21.3 Å². The second-order valence-electron chi connectivity index (χ2n) is 9.88. The zero-order chi connectivity index (χ0) is 27.7. The van der Waals surface area contributed by atoms with Gasteiger partial charge in [-0.2, -0.15) is 0 Å². The molecule has 4 amide bonds. The molecule has 1 aromatic carbocycles. The summed E-state index contributed by atoms with van der Waals surface area (Å²) in [6.45, 7) is 4.94. The zero-order valence-electron chi connectivity index (χ0n) is 21.9. The maximum Gasteiger partial charge on any atom is 0.289 e. The lowest BCUT2D eigenvalue weighted by molar-refractivity contribution is -0.141. The van der Waals surface area contributed by atoms with Crippen LogP contribution in [0, 0.1) is 5.92 Å². The third kappa shape index (κ3) is 7.96. The first-order chi connectivity index (χ1) is 18.2. The fourth-order valence-electron chi connectivity index (χ4n) is 3.95. The van der Waals surface area contributed by atoms with Crippen LogP contribution in [0.3, 0.4) is 0 Å². The summed E-state index contributed by atoms with van der Waals surface area (Å²) < 4.78 is 0. The van der Waals surface area contributed by atoms with Gasteiger partial charge in [-0.3, -0.25) is 29.0 Å². The lowest BCUT2D eigenvalue weighted by Gasteiger charge is -2.28. The van der Waals surface area contributed by atoms with Crippen LogP contribution in [0.1, 0.15) is 56.0 Å². The van der Waals surface area contributed by atoms with Gasteiger partial charge in [-0.25, -0.2) is 0 Å². The van der Waals surface area contributed by atoms with Crippen LogP contribution >= 0.6 is 0 Å². The van der Waals surface area contributed by atoms with Crippen molar-refractivity contribution in [1.29, 1.82) is 0 Å². The van der Waals surface area contributed by atoms with E-state index < -0.39 is 47.5 Å². The van der Waals surface area contributed by atoms with Gasteiger partial charge in [0.1, 0.15) is 12.1 Å². The first-order valence-corrected chi connectivity index (χ1v) is 12.9. The number of pyridine rings is 1. The Morgan fingerprint density at radius 2 is 1.53 bits per heavy atom. The summed E-state index contributed by atoms with van der Waals surface area (Å²) in [5.74, 6) is -3.40. The Bertz CT molecular complexity index is 1130. The number of carbonyl (C=O) groups is 5. The van der Waals surface area contributed by atoms with Crippen LogP contribution in [0.2, 0.25) is 0 Å². The molecule has 0 saturated heterocycles. The standard InChI is InChI=1S/C28H35N5O5/c1-17(2)23(24(34)28(38)31-21-10-7-11-21)33-25(35)18(3)30-27(37)22(16-19-8-5-4-6-9-19)32-26(36)20-12-14-29-15-13-20/h4-6,8-9,12-15,17-18,21-23H,7,10-11,16H2,1-3H3,(H,30,37)(H,31,38)(H,32,36)(H,33,35)/t18-,22-,23-/m0/s1. The van der Waals surface area contributed by atoms with E-state index in [2.05, 4.69) is 26.3 Å². The van der Waals surface area contributed by atoms with Crippen LogP contribution in [0.5, 0.6) is 0 Å². The number of hydrogen-bond donors (Lipinski definition) is 4. The molecule has 0 spiro atoms. The van der Waals surface area contributed by atoms with Gasteiger partial charge in [0.05, 0.1) is 6.04 Å². The Morgan fingerprint density at radius 1 is 0.868 bits per heavy atom. The van der Waals surface area contributed by atoms with E-state index in [1.165, 1.54) is 31.5 Å². The molecule has 2 aromatic rings. The summed E-state index contributed by atoms with van der Waals surface area (Å²) in [5, 5.41) is 10.7. The van der Waals surface area contributed by atoms with Crippen molar-refractivity contribution in [3.63, 3.8) is 0 Å². The molecule has 0 bridgehead atoms. The van der Waals surface area contributed by atoms with Crippen LogP contribution in [0.25, 0.3) is 0 Å². The summed E-state index contributed by atoms with van der Waals surface area (Å²) in [6, 6.07) is 9.21. The van der Waals surface area contributed by atoms with E-state index in [1.807, 2.05) is 30.3 Å². The largest absolute Gasteiger partial charge is 0.347 e. The van der Waals surface area contributed by atoms with Crippen LogP contribution in [-0.4, -0.2) is 58.6 Å². The third-order valence-corrected chi connectivity index (χ3v) is 6.51. The molecule has 38 heavy (non-hydrogen) atoms. The van der Waals surface area contributed by atoms with Gasteiger partial charge in [0.2, 0.25) is 17.6 Å². The van der Waals surface area contributed by atoms with Crippen LogP contribution in [0.15, 0.2) is 54.9 Å². The average Bonchev–Trinajstić information content (AvgIpc) is 2.89. The average molecular weight is 522 g/mol. The summed E-state index contributed by atoms with van der Waals surface area (Å²) in [6.07, 6.45) is 5.84. The fourth-order valence-corrected chi connectivity index (χ4v) is 3.95. The van der Waals surface area contributed by atoms with Gasteiger partial charge >= 0.3 is 0 Å². The van der Waals surface area contributed by atoms with E-state index in [1.54, 1.807) is 13.8 Å². The number of Topliss-reactive ketones (excluding diaryl/α,β-unsaturated/α-hetero) is 1. The molecule has 0 unspecified atom stereocenters. The Balaban J connectivity index is 1.65. The number of hydrogen-bond acceptors (Lipinski definition) is 6. The Morgan fingerprint density at radius 3 is 2.11 bits per heavy atom. The van der Waals surface area contributed by atoms with Crippen LogP contribution in [0.4, 0.5) is 0 Å². The van der Waals surface area contributed by atoms with Crippen LogP contribution in [-0.2, 0) is 25.6 Å². The van der Waals surface area contributed by atoms with Crippen molar-refractivity contribution in [2.75, 3.05) is 0 Å². The van der Waals surface area contributed by atoms with Gasteiger partial charge in [0.15, 0.2) is 0 Å². The molecule has 1 heterocycles. The highest BCUT2D eigenvalue weighted by Gasteiger charge is 2.33. The second kappa shape index (κ2) is 13.5. The molecule has 3 rings (SSSR count). The highest BCUT2D eigenvalue weighted by atomic mass is 16.2. The maximum atomic E-state index is 13.2. The zero-order valence-corrected chi connectivity index (χ0v) is 21.9. The predicted molar refractivity (Wildman–Crippen MR) is 141 cm³/mol. The molecule has 1 saturated carbocycles. The van der Waals surface area contributed by atoms with Crippen molar-refractivity contribution < 1.29 is 24.0 Å². The van der Waals surface area contributed by atoms with Crippen molar-refractivity contribution in [2.45, 2.75) is 70.6 Å². The summed E-state index contributed by atoms with van der Waals surface area (Å²) in [7, 11) is 0. The van der Waals surface area contributed by atoms with Crippen molar-refractivity contribution in [1.82, 2.24) is 26.3 Å². The topological polar surface area (TPSA) is 146 Å². The summed E-state index contributed by atoms with van der Waals surface area (Å²) in [4.78, 5) is 67.9. The molecule has 10 heteroatoms. The number of nitrogens with zero attached hydrogens (tertiary/aromatic N) is 1. The Labute approximate surface area is 222 Å². The lowest BCUT2D eigenvalue weighted by Crippen LogP contribution is -2.57. The molecule has 1 aliphatic rings. The Kier molecular flexibility index (Phi) is 10.1. The van der Waals surface area contributed by atoms with Gasteiger partial charge in [-0.15, -0.1) is 0 Å². The minimum atomic E-state index is -1.03. The molecular formula is C28H35N5O5. The first kappa shape index (κ1) is 28.5. The number of nitrogens with one attached hydrogen (secondary N) is 4. The van der Waals surface area contributed by atoms with Gasteiger partial charge < -0.3 is 21.3 Å². The molecule has 4 N–H and O–H groups in total. The number of ketones is 1. The molecule has 1 fully saturated rings. The SMILES string of the molecule is CC(C)[C@H](NC(=O)[C@H](C)NC(=O)[C@H](Cc1ccccc1)NC(=O)c1ccncc1)C(=O)C(=O)NC1CCC1. The van der Waals surface area contributed by atoms with Gasteiger partial charge in [-0.05, 0) is 49.8 Å². The minimum absolute atomic E-state index is 0.00270. The number of aromatic nitrogens is 1. The van der Waals surface area contributed by atoms with Crippen molar-refractivity contribution in [2.24, 2.45) is 5.92 Å². The Hall–Kier alpha value is -4.08. The predicted octanol–water partition coefficient (Wildman–Crippen LogP) is 1.31. The van der Waals surface area contributed by atoms with Gasteiger partial charge in [-0.1, -0.05) is 44.2 Å². The normalized spacial score (nSPS) is 15.4. The lowest BCUT2D eigenvalue weighted by atomic mass is 9.92. The van der Waals surface area contributed by atoms with E-state index in [0.717, 1.165) is 24.8 Å². The van der Waals surface area contributed by atoms with E-state index in [4.69, 9.17) is 0 Å².